The lowest BCUT2D eigenvalue weighted by Crippen LogP contribution is -2.33. The molecule has 168 valence electrons. The minimum absolute atomic E-state index is 0.625. The molecule has 1 aromatic carbocycles. The predicted octanol–water partition coefficient (Wildman–Crippen LogP) is 9.83. The highest BCUT2D eigenvalue weighted by Gasteiger charge is 2.28. The molecule has 1 nitrogen and oxygen atoms in total. The van der Waals surface area contributed by atoms with Gasteiger partial charge in [-0.15, -0.1) is 0 Å². The largest absolute Gasteiger partial charge is 0.354 e. The third-order valence-electron chi connectivity index (χ3n) is 6.00. The number of hydrogen-bond acceptors (Lipinski definition) is 1. The molecule has 0 aliphatic rings. The molecule has 0 heterocycles. The molecule has 1 aromatic rings. The second-order valence-corrected chi connectivity index (χ2v) is 8.91. The van der Waals surface area contributed by atoms with Crippen LogP contribution in [0.1, 0.15) is 129 Å². The third-order valence-corrected chi connectivity index (χ3v) is 6.00. The maximum absolute atomic E-state index is 15.6. The lowest BCUT2D eigenvalue weighted by molar-refractivity contribution is 0.162. The second kappa shape index (κ2) is 17.8. The van der Waals surface area contributed by atoms with Crippen LogP contribution in [-0.2, 0) is 0 Å². The van der Waals surface area contributed by atoms with Crippen LogP contribution in [0.25, 0.3) is 0 Å². The zero-order chi connectivity index (χ0) is 21.0. The molecule has 0 amide bonds. The van der Waals surface area contributed by atoms with Crippen molar-refractivity contribution in [1.82, 2.24) is 0 Å². The van der Waals surface area contributed by atoms with E-state index in [2.05, 4.69) is 19.2 Å². The van der Waals surface area contributed by atoms with Gasteiger partial charge in [0.2, 0.25) is 0 Å². The summed E-state index contributed by atoms with van der Waals surface area (Å²) in [6, 6.07) is 9.89. The highest BCUT2D eigenvalue weighted by molar-refractivity contribution is 5.44. The highest BCUT2D eigenvalue weighted by atomic mass is 19.1. The number of benzene rings is 1. The van der Waals surface area contributed by atoms with Crippen molar-refractivity contribution >= 4 is 5.69 Å². The summed E-state index contributed by atoms with van der Waals surface area (Å²) in [5.41, 5.74) is 0.907. The molecule has 0 aromatic heterocycles. The normalized spacial score (nSPS) is 13.3. The van der Waals surface area contributed by atoms with Gasteiger partial charge in [-0.1, -0.05) is 122 Å². The lowest BCUT2D eigenvalue weighted by Gasteiger charge is -2.28. The van der Waals surface area contributed by atoms with Gasteiger partial charge < -0.3 is 5.32 Å². The first-order valence-corrected chi connectivity index (χ1v) is 12.7. The Morgan fingerprint density at radius 1 is 0.586 bits per heavy atom. The van der Waals surface area contributed by atoms with Crippen molar-refractivity contribution in [2.45, 2.75) is 135 Å². The van der Waals surface area contributed by atoms with Gasteiger partial charge in [0.1, 0.15) is 0 Å². The van der Waals surface area contributed by atoms with Crippen LogP contribution in [0.5, 0.6) is 0 Å². The second-order valence-electron chi connectivity index (χ2n) is 8.91. The van der Waals surface area contributed by atoms with E-state index in [4.69, 9.17) is 0 Å². The molecule has 0 radical (unpaired) electrons. The Labute approximate surface area is 181 Å². The van der Waals surface area contributed by atoms with Gasteiger partial charge in [0.05, 0.1) is 0 Å². The summed E-state index contributed by atoms with van der Waals surface area (Å²) in [7, 11) is 0. The molecule has 1 N–H and O–H groups in total. The van der Waals surface area contributed by atoms with Crippen LogP contribution in [0.2, 0.25) is 0 Å². The van der Waals surface area contributed by atoms with Gasteiger partial charge in [0.25, 0.3) is 0 Å². The molecule has 0 spiro atoms. The summed E-state index contributed by atoms with van der Waals surface area (Å²) >= 11 is 0. The molecule has 1 rings (SSSR count). The Morgan fingerprint density at radius 3 is 1.41 bits per heavy atom. The number of alkyl halides is 1. The SMILES string of the molecule is CCCCCCCCCCCCCCC(F)(CCCCCC)Nc1ccccc1. The number of hydrogen-bond donors (Lipinski definition) is 1. The van der Waals surface area contributed by atoms with Gasteiger partial charge in [-0.2, -0.15) is 0 Å². The zero-order valence-corrected chi connectivity index (χ0v) is 19.5. The fourth-order valence-electron chi connectivity index (χ4n) is 4.11. The van der Waals surface area contributed by atoms with Crippen molar-refractivity contribution in [3.8, 4) is 0 Å². The van der Waals surface area contributed by atoms with Crippen LogP contribution in [0.4, 0.5) is 10.1 Å². The van der Waals surface area contributed by atoms with E-state index in [-0.39, 0.29) is 0 Å². The molecule has 29 heavy (non-hydrogen) atoms. The average molecular weight is 406 g/mol. The third kappa shape index (κ3) is 14.6. The van der Waals surface area contributed by atoms with E-state index in [1.54, 1.807) is 0 Å². The van der Waals surface area contributed by atoms with Crippen molar-refractivity contribution in [3.63, 3.8) is 0 Å². The number of rotatable bonds is 20. The van der Waals surface area contributed by atoms with Crippen LogP contribution in [0.15, 0.2) is 30.3 Å². The van der Waals surface area contributed by atoms with Gasteiger partial charge in [-0.3, -0.25) is 0 Å². The Bertz CT molecular complexity index is 461. The number of nitrogens with one attached hydrogen (secondary N) is 1. The fourth-order valence-corrected chi connectivity index (χ4v) is 4.11. The molecule has 0 saturated heterocycles. The van der Waals surface area contributed by atoms with E-state index >= 15 is 4.39 Å². The summed E-state index contributed by atoms with van der Waals surface area (Å²) < 4.78 is 15.6. The van der Waals surface area contributed by atoms with Crippen molar-refractivity contribution in [1.29, 1.82) is 0 Å². The minimum atomic E-state index is -1.26. The van der Waals surface area contributed by atoms with E-state index in [0.717, 1.165) is 31.4 Å². The first kappa shape index (κ1) is 26.0. The summed E-state index contributed by atoms with van der Waals surface area (Å²) in [4.78, 5) is 0. The molecule has 1 atom stereocenters. The molecule has 0 aliphatic carbocycles. The standard InChI is InChI=1S/C27H48FN/c1-3-5-7-9-10-11-12-13-14-15-16-21-25-27(28,24-20-8-6-4-2)29-26-22-18-17-19-23-26/h17-19,22-23,29H,3-16,20-21,24-25H2,1-2H3. The van der Waals surface area contributed by atoms with E-state index in [1.807, 2.05) is 30.3 Å². The van der Waals surface area contributed by atoms with Gasteiger partial charge in [-0.05, 0) is 25.0 Å². The number of para-hydroxylation sites is 1. The predicted molar refractivity (Wildman–Crippen MR) is 128 cm³/mol. The monoisotopic (exact) mass is 405 g/mol. The Kier molecular flexibility index (Phi) is 15.9. The van der Waals surface area contributed by atoms with Crippen LogP contribution >= 0.6 is 0 Å². The molecule has 0 aliphatic heterocycles. The zero-order valence-electron chi connectivity index (χ0n) is 19.5. The van der Waals surface area contributed by atoms with Gasteiger partial charge >= 0.3 is 0 Å². The number of anilines is 1. The number of unbranched alkanes of at least 4 members (excludes halogenated alkanes) is 14. The van der Waals surface area contributed by atoms with E-state index < -0.39 is 5.79 Å². The van der Waals surface area contributed by atoms with Crippen LogP contribution in [0, 0.1) is 0 Å². The maximum atomic E-state index is 15.6. The summed E-state index contributed by atoms with van der Waals surface area (Å²) in [5, 5.41) is 3.21. The Morgan fingerprint density at radius 2 is 0.966 bits per heavy atom. The minimum Gasteiger partial charge on any atom is -0.354 e. The van der Waals surface area contributed by atoms with Gasteiger partial charge in [0, 0.05) is 18.5 Å². The first-order chi connectivity index (χ1) is 14.2. The average Bonchev–Trinajstić information content (AvgIpc) is 2.73. The van der Waals surface area contributed by atoms with Crippen LogP contribution in [0.3, 0.4) is 0 Å². The van der Waals surface area contributed by atoms with Gasteiger partial charge in [0.15, 0.2) is 5.79 Å². The molecular formula is C27H48FN. The molecular weight excluding hydrogens is 357 g/mol. The lowest BCUT2D eigenvalue weighted by atomic mass is 9.97. The van der Waals surface area contributed by atoms with Crippen molar-refractivity contribution < 1.29 is 4.39 Å². The molecule has 0 fully saturated rings. The molecule has 1 unspecified atom stereocenters. The molecule has 2 heteroatoms. The topological polar surface area (TPSA) is 12.0 Å². The van der Waals surface area contributed by atoms with E-state index in [9.17, 15) is 0 Å². The first-order valence-electron chi connectivity index (χ1n) is 12.7. The summed E-state index contributed by atoms with van der Waals surface area (Å²) in [6.07, 6.45) is 21.6. The summed E-state index contributed by atoms with van der Waals surface area (Å²) in [5.74, 6) is -1.26. The smallest absolute Gasteiger partial charge is 0.180 e. The maximum Gasteiger partial charge on any atom is 0.180 e. The van der Waals surface area contributed by atoms with Gasteiger partial charge in [-0.25, -0.2) is 4.39 Å². The van der Waals surface area contributed by atoms with Crippen molar-refractivity contribution in [2.24, 2.45) is 0 Å². The van der Waals surface area contributed by atoms with Crippen LogP contribution in [-0.4, -0.2) is 5.79 Å². The van der Waals surface area contributed by atoms with E-state index in [0.29, 0.717) is 12.8 Å². The molecule has 0 saturated carbocycles. The number of halogens is 1. The quantitative estimate of drug-likeness (QED) is 0.168. The van der Waals surface area contributed by atoms with Crippen molar-refractivity contribution in [2.75, 3.05) is 5.32 Å². The van der Waals surface area contributed by atoms with Crippen LogP contribution < -0.4 is 5.32 Å². The summed E-state index contributed by atoms with van der Waals surface area (Å²) in [6.45, 7) is 4.48. The highest BCUT2D eigenvalue weighted by Crippen LogP contribution is 2.29. The fraction of sp³-hybridized carbons (Fsp3) is 0.778. The Balaban J connectivity index is 2.17. The van der Waals surface area contributed by atoms with Crippen molar-refractivity contribution in [3.05, 3.63) is 30.3 Å². The molecule has 0 bridgehead atoms. The Hall–Kier alpha value is -1.05. The van der Waals surface area contributed by atoms with E-state index in [1.165, 1.54) is 77.0 Å².